The molecule has 0 bridgehead atoms. The highest BCUT2D eigenvalue weighted by atomic mass is 32.2. The standard InChI is InChI=1S/C12H10O6S2.2C8H20N/c13-19(14,15)11-5-1-9(2-6-11)10-3-7-12(8-4-10)20(16,17)18;2*1-5-9(6-2,7-3)8-4/h1-8H,(H,13,14,15)(H,16,17,18);2*5-8H2,1-4H3/q;2*+1/p-2. The van der Waals surface area contributed by atoms with Crippen molar-refractivity contribution < 1.29 is 34.9 Å². The van der Waals surface area contributed by atoms with Crippen LogP contribution < -0.4 is 0 Å². The summed E-state index contributed by atoms with van der Waals surface area (Å²) in [5, 5.41) is 0. The molecule has 218 valence electrons. The monoisotopic (exact) mass is 572 g/mol. The topological polar surface area (TPSA) is 114 Å². The van der Waals surface area contributed by atoms with Crippen molar-refractivity contribution in [1.82, 2.24) is 0 Å². The number of hydrogen-bond donors (Lipinski definition) is 0. The molecule has 0 atom stereocenters. The molecule has 0 heterocycles. The molecule has 2 rings (SSSR count). The van der Waals surface area contributed by atoms with E-state index >= 15 is 0 Å². The first kappa shape index (κ1) is 36.2. The van der Waals surface area contributed by atoms with E-state index in [2.05, 4.69) is 55.4 Å². The van der Waals surface area contributed by atoms with Gasteiger partial charge in [-0.05, 0) is 90.8 Å². The molecule has 0 N–H and O–H groups in total. The summed E-state index contributed by atoms with van der Waals surface area (Å²) in [4.78, 5) is -0.694. The molecule has 0 aromatic heterocycles. The van der Waals surface area contributed by atoms with E-state index < -0.39 is 20.2 Å². The summed E-state index contributed by atoms with van der Waals surface area (Å²) in [5.74, 6) is 0. The molecule has 38 heavy (non-hydrogen) atoms. The van der Waals surface area contributed by atoms with Crippen molar-refractivity contribution in [3.63, 3.8) is 0 Å². The number of rotatable bonds is 11. The minimum atomic E-state index is -4.50. The van der Waals surface area contributed by atoms with Crippen molar-refractivity contribution in [2.45, 2.75) is 65.2 Å². The number of hydrogen-bond acceptors (Lipinski definition) is 6. The van der Waals surface area contributed by atoms with Gasteiger partial charge in [0, 0.05) is 0 Å². The van der Waals surface area contributed by atoms with Crippen LogP contribution in [-0.4, -0.2) is 87.3 Å². The maximum atomic E-state index is 10.8. The largest absolute Gasteiger partial charge is 0.744 e. The Morgan fingerprint density at radius 1 is 0.447 bits per heavy atom. The van der Waals surface area contributed by atoms with Crippen LogP contribution in [0.2, 0.25) is 0 Å². The van der Waals surface area contributed by atoms with E-state index in [1.54, 1.807) is 0 Å². The van der Waals surface area contributed by atoms with E-state index in [4.69, 9.17) is 0 Å². The molecule has 0 aliphatic carbocycles. The Morgan fingerprint density at radius 2 is 0.632 bits per heavy atom. The second-order valence-corrected chi connectivity index (χ2v) is 11.9. The van der Waals surface area contributed by atoms with Crippen molar-refractivity contribution in [1.29, 1.82) is 0 Å². The molecule has 10 heteroatoms. The summed E-state index contributed by atoms with van der Waals surface area (Å²) < 4.78 is 67.2. The van der Waals surface area contributed by atoms with E-state index in [0.29, 0.717) is 11.1 Å². The minimum Gasteiger partial charge on any atom is -0.744 e. The molecule has 0 saturated heterocycles. The van der Waals surface area contributed by atoms with E-state index in [1.165, 1.54) is 85.6 Å². The first-order chi connectivity index (χ1) is 17.7. The summed E-state index contributed by atoms with van der Waals surface area (Å²) in [6, 6.07) is 10.3. The van der Waals surface area contributed by atoms with Crippen molar-refractivity contribution >= 4 is 20.2 Å². The van der Waals surface area contributed by atoms with E-state index in [0.717, 1.165) is 24.3 Å². The van der Waals surface area contributed by atoms with Gasteiger partial charge in [0.1, 0.15) is 20.2 Å². The smallest absolute Gasteiger partial charge is 0.124 e. The lowest BCUT2D eigenvalue weighted by Gasteiger charge is -2.34. The van der Waals surface area contributed by atoms with Crippen molar-refractivity contribution in [2.24, 2.45) is 0 Å². The normalized spacial score (nSPS) is 12.2. The van der Waals surface area contributed by atoms with E-state index in [9.17, 15) is 25.9 Å². The van der Waals surface area contributed by atoms with Crippen LogP contribution in [0.25, 0.3) is 11.1 Å². The van der Waals surface area contributed by atoms with Crippen LogP contribution in [0.3, 0.4) is 0 Å². The average Bonchev–Trinajstić information content (AvgIpc) is 2.92. The lowest BCUT2D eigenvalue weighted by molar-refractivity contribution is -0.921. The second kappa shape index (κ2) is 16.3. The van der Waals surface area contributed by atoms with Crippen LogP contribution in [0.15, 0.2) is 58.3 Å². The number of nitrogens with zero attached hydrogens (tertiary/aromatic N) is 2. The molecule has 0 aliphatic rings. The third-order valence-electron chi connectivity index (χ3n) is 7.99. The third kappa shape index (κ3) is 11.1. The Balaban J connectivity index is 0.000000636. The predicted molar refractivity (Wildman–Crippen MR) is 153 cm³/mol. The molecule has 0 radical (unpaired) electrons. The van der Waals surface area contributed by atoms with Gasteiger partial charge in [0.15, 0.2) is 0 Å². The van der Waals surface area contributed by atoms with Crippen LogP contribution in [0, 0.1) is 0 Å². The van der Waals surface area contributed by atoms with Gasteiger partial charge in [-0.1, -0.05) is 24.3 Å². The molecule has 0 fully saturated rings. The van der Waals surface area contributed by atoms with Crippen molar-refractivity contribution in [2.75, 3.05) is 52.4 Å². The van der Waals surface area contributed by atoms with Gasteiger partial charge in [0.25, 0.3) is 0 Å². The Labute approximate surface area is 232 Å². The molecular formula is C28H48N2O6S2. The quantitative estimate of drug-likeness (QED) is 0.279. The zero-order valence-corrected chi connectivity index (χ0v) is 26.1. The third-order valence-corrected chi connectivity index (χ3v) is 9.68. The molecule has 2 aromatic carbocycles. The summed E-state index contributed by atoms with van der Waals surface area (Å²) >= 11 is 0. The van der Waals surface area contributed by atoms with Crippen LogP contribution in [0.1, 0.15) is 55.4 Å². The van der Waals surface area contributed by atoms with Crippen molar-refractivity contribution in [3.8, 4) is 11.1 Å². The maximum Gasteiger partial charge on any atom is 0.124 e. The Hall–Kier alpha value is -1.82. The molecule has 0 spiro atoms. The van der Waals surface area contributed by atoms with Crippen molar-refractivity contribution in [3.05, 3.63) is 48.5 Å². The first-order valence-corrected chi connectivity index (χ1v) is 16.3. The van der Waals surface area contributed by atoms with Gasteiger partial charge >= 0.3 is 0 Å². The molecule has 0 saturated carbocycles. The van der Waals surface area contributed by atoms with Gasteiger partial charge < -0.3 is 18.1 Å². The highest BCUT2D eigenvalue weighted by molar-refractivity contribution is 7.86. The molecule has 0 unspecified atom stereocenters. The lowest BCUT2D eigenvalue weighted by atomic mass is 10.1. The Bertz CT molecular complexity index is 1010. The summed E-state index contributed by atoms with van der Waals surface area (Å²) in [5.41, 5.74) is 1.18. The minimum absolute atomic E-state index is 0.347. The van der Waals surface area contributed by atoms with Gasteiger partial charge in [-0.15, -0.1) is 0 Å². The zero-order chi connectivity index (χ0) is 29.6. The van der Waals surface area contributed by atoms with Gasteiger partial charge in [-0.3, -0.25) is 0 Å². The highest BCUT2D eigenvalue weighted by Gasteiger charge is 2.17. The average molecular weight is 573 g/mol. The zero-order valence-electron chi connectivity index (χ0n) is 24.4. The van der Waals surface area contributed by atoms with E-state index in [1.807, 2.05) is 0 Å². The summed E-state index contributed by atoms with van der Waals surface area (Å²) in [6.07, 6.45) is 0. The Morgan fingerprint density at radius 3 is 0.737 bits per heavy atom. The van der Waals surface area contributed by atoms with Crippen LogP contribution >= 0.6 is 0 Å². The van der Waals surface area contributed by atoms with Gasteiger partial charge in [0.2, 0.25) is 0 Å². The summed E-state index contributed by atoms with van der Waals surface area (Å²) in [7, 11) is -9.00. The van der Waals surface area contributed by atoms with Gasteiger partial charge in [-0.25, -0.2) is 16.8 Å². The molecular weight excluding hydrogens is 524 g/mol. The van der Waals surface area contributed by atoms with Crippen LogP contribution in [-0.2, 0) is 20.2 Å². The Kier molecular flexibility index (Phi) is 15.5. The summed E-state index contributed by atoms with van der Waals surface area (Å²) in [6.45, 7) is 28.4. The number of quaternary nitrogens is 2. The highest BCUT2D eigenvalue weighted by Crippen LogP contribution is 2.22. The SMILES string of the molecule is CC[N+](CC)(CC)CC.CC[N+](CC)(CC)CC.O=S(=O)([O-])c1ccc(-c2ccc(S(=O)(=O)[O-])cc2)cc1. The molecule has 8 nitrogen and oxygen atoms in total. The maximum absolute atomic E-state index is 10.8. The fourth-order valence-electron chi connectivity index (χ4n) is 4.31. The fraction of sp³-hybridized carbons (Fsp3) is 0.571. The second-order valence-electron chi connectivity index (χ2n) is 9.17. The first-order valence-electron chi connectivity index (χ1n) is 13.5. The molecule has 0 aliphatic heterocycles. The van der Waals surface area contributed by atoms with E-state index in [-0.39, 0.29) is 9.79 Å². The molecule has 0 amide bonds. The van der Waals surface area contributed by atoms with Gasteiger partial charge in [0.05, 0.1) is 62.1 Å². The molecule has 2 aromatic rings. The van der Waals surface area contributed by atoms with Gasteiger partial charge in [-0.2, -0.15) is 0 Å². The lowest BCUT2D eigenvalue weighted by Crippen LogP contribution is -2.47. The number of benzene rings is 2. The predicted octanol–water partition coefficient (Wildman–Crippen LogP) is 4.93. The van der Waals surface area contributed by atoms with Crippen LogP contribution in [0.4, 0.5) is 0 Å². The van der Waals surface area contributed by atoms with Crippen LogP contribution in [0.5, 0.6) is 0 Å². The fourth-order valence-corrected chi connectivity index (χ4v) is 5.25.